The third-order valence-electron chi connectivity index (χ3n) is 3.23. The van der Waals surface area contributed by atoms with Crippen molar-refractivity contribution in [2.45, 2.75) is 20.8 Å². The highest BCUT2D eigenvalue weighted by atomic mass is 35.5. The molecule has 0 saturated carbocycles. The van der Waals surface area contributed by atoms with Crippen molar-refractivity contribution in [2.24, 2.45) is 0 Å². The van der Waals surface area contributed by atoms with E-state index in [-0.39, 0.29) is 11.6 Å². The Bertz CT molecular complexity index is 675. The van der Waals surface area contributed by atoms with E-state index >= 15 is 0 Å². The average Bonchev–Trinajstić information content (AvgIpc) is 2.43. The van der Waals surface area contributed by atoms with Gasteiger partial charge in [0.2, 0.25) is 0 Å². The monoisotopic (exact) mass is 303 g/mol. The first-order valence-electron chi connectivity index (χ1n) is 6.66. The molecule has 0 atom stereocenters. The summed E-state index contributed by atoms with van der Waals surface area (Å²) in [6.45, 7) is 5.96. The van der Waals surface area contributed by atoms with Crippen molar-refractivity contribution in [1.82, 2.24) is 4.98 Å². The van der Waals surface area contributed by atoms with Crippen LogP contribution < -0.4 is 10.6 Å². The maximum Gasteiger partial charge on any atom is 0.275 e. The van der Waals surface area contributed by atoms with Crippen LogP contribution >= 0.6 is 11.6 Å². The number of amides is 1. The van der Waals surface area contributed by atoms with Gasteiger partial charge in [0.1, 0.15) is 11.5 Å². The summed E-state index contributed by atoms with van der Waals surface area (Å²) < 4.78 is 0. The van der Waals surface area contributed by atoms with Crippen LogP contribution in [0.25, 0.3) is 0 Å². The summed E-state index contributed by atoms with van der Waals surface area (Å²) in [6, 6.07) is 7.44. The van der Waals surface area contributed by atoms with Gasteiger partial charge in [0.25, 0.3) is 5.91 Å². The fourth-order valence-corrected chi connectivity index (χ4v) is 2.48. The molecule has 0 unspecified atom stereocenters. The number of carbonyl (C=O) groups excluding carboxylic acids is 1. The summed E-state index contributed by atoms with van der Waals surface area (Å²) in [6.07, 6.45) is 0. The molecule has 21 heavy (non-hydrogen) atoms. The second-order valence-corrected chi connectivity index (χ2v) is 5.41. The van der Waals surface area contributed by atoms with Crippen molar-refractivity contribution in [3.63, 3.8) is 0 Å². The van der Waals surface area contributed by atoms with E-state index in [0.29, 0.717) is 10.8 Å². The first-order valence-corrected chi connectivity index (χ1v) is 7.03. The Morgan fingerprint density at radius 1 is 1.14 bits per heavy atom. The normalized spacial score (nSPS) is 10.3. The molecule has 0 aliphatic heterocycles. The number of aromatic nitrogens is 1. The van der Waals surface area contributed by atoms with Crippen LogP contribution in [0, 0.1) is 20.8 Å². The fourth-order valence-electron chi connectivity index (χ4n) is 2.29. The number of halogens is 1. The highest BCUT2D eigenvalue weighted by Gasteiger charge is 2.15. The van der Waals surface area contributed by atoms with Crippen molar-refractivity contribution in [3.05, 3.63) is 51.7 Å². The molecule has 0 radical (unpaired) electrons. The third kappa shape index (κ3) is 3.34. The van der Waals surface area contributed by atoms with Gasteiger partial charge in [-0.05, 0) is 44.0 Å². The summed E-state index contributed by atoms with van der Waals surface area (Å²) in [4.78, 5) is 16.6. The number of hydrogen-bond acceptors (Lipinski definition) is 3. The van der Waals surface area contributed by atoms with Crippen LogP contribution in [-0.4, -0.2) is 17.9 Å². The molecule has 0 bridgehead atoms. The van der Waals surface area contributed by atoms with Crippen molar-refractivity contribution in [2.75, 3.05) is 17.7 Å². The molecule has 0 spiro atoms. The molecule has 5 heteroatoms. The molecule has 0 saturated heterocycles. The van der Waals surface area contributed by atoms with Crippen molar-refractivity contribution in [1.29, 1.82) is 0 Å². The molecule has 0 aliphatic carbocycles. The number of pyridine rings is 1. The Morgan fingerprint density at radius 2 is 1.76 bits per heavy atom. The summed E-state index contributed by atoms with van der Waals surface area (Å²) >= 11 is 6.07. The van der Waals surface area contributed by atoms with Gasteiger partial charge in [-0.3, -0.25) is 4.79 Å². The number of nitrogens with one attached hydrogen (secondary N) is 2. The van der Waals surface area contributed by atoms with Gasteiger partial charge in [0, 0.05) is 12.7 Å². The Morgan fingerprint density at radius 3 is 2.33 bits per heavy atom. The van der Waals surface area contributed by atoms with Crippen LogP contribution in [0.5, 0.6) is 0 Å². The van der Waals surface area contributed by atoms with Crippen LogP contribution in [0.1, 0.15) is 27.2 Å². The predicted molar refractivity (Wildman–Crippen MR) is 87.4 cm³/mol. The summed E-state index contributed by atoms with van der Waals surface area (Å²) in [5.41, 5.74) is 4.21. The zero-order valence-corrected chi connectivity index (χ0v) is 13.3. The van der Waals surface area contributed by atoms with Crippen molar-refractivity contribution in [3.8, 4) is 0 Å². The van der Waals surface area contributed by atoms with E-state index in [1.807, 2.05) is 32.9 Å². The molecular weight excluding hydrogens is 286 g/mol. The SMILES string of the molecule is CNc1ccc(Cl)c(C(=O)Nc2c(C)cc(C)cc2C)n1. The minimum Gasteiger partial charge on any atom is -0.373 e. The minimum atomic E-state index is -0.313. The number of rotatable bonds is 3. The van der Waals surface area contributed by atoms with Gasteiger partial charge in [0.05, 0.1) is 5.02 Å². The van der Waals surface area contributed by atoms with Gasteiger partial charge in [-0.25, -0.2) is 4.98 Å². The molecule has 110 valence electrons. The molecule has 1 aromatic carbocycles. The van der Waals surface area contributed by atoms with Crippen LogP contribution in [0.2, 0.25) is 5.02 Å². The number of nitrogens with zero attached hydrogens (tertiary/aromatic N) is 1. The number of hydrogen-bond donors (Lipinski definition) is 2. The summed E-state index contributed by atoms with van der Waals surface area (Å²) in [5.74, 6) is 0.286. The van der Waals surface area contributed by atoms with E-state index in [2.05, 4.69) is 15.6 Å². The third-order valence-corrected chi connectivity index (χ3v) is 3.54. The molecule has 1 amide bonds. The lowest BCUT2D eigenvalue weighted by Crippen LogP contribution is -2.16. The van der Waals surface area contributed by atoms with E-state index in [1.54, 1.807) is 19.2 Å². The van der Waals surface area contributed by atoms with Crippen LogP contribution in [-0.2, 0) is 0 Å². The summed E-state index contributed by atoms with van der Waals surface area (Å²) in [5, 5.41) is 6.12. The van der Waals surface area contributed by atoms with Crippen LogP contribution in [0.3, 0.4) is 0 Å². The maximum absolute atomic E-state index is 12.4. The number of carbonyl (C=O) groups is 1. The lowest BCUT2D eigenvalue weighted by molar-refractivity contribution is 0.102. The smallest absolute Gasteiger partial charge is 0.275 e. The summed E-state index contributed by atoms with van der Waals surface area (Å²) in [7, 11) is 1.74. The first kappa shape index (κ1) is 15.3. The fraction of sp³-hybridized carbons (Fsp3) is 0.250. The molecule has 4 nitrogen and oxygen atoms in total. The zero-order valence-electron chi connectivity index (χ0n) is 12.5. The molecule has 0 fully saturated rings. The van der Waals surface area contributed by atoms with Crippen molar-refractivity contribution < 1.29 is 4.79 Å². The zero-order chi connectivity index (χ0) is 15.6. The second-order valence-electron chi connectivity index (χ2n) is 5.00. The van der Waals surface area contributed by atoms with Gasteiger partial charge in [-0.1, -0.05) is 29.3 Å². The van der Waals surface area contributed by atoms with Crippen LogP contribution in [0.15, 0.2) is 24.3 Å². The molecular formula is C16H18ClN3O. The first-order chi connectivity index (χ1) is 9.92. The lowest BCUT2D eigenvalue weighted by Gasteiger charge is -2.13. The molecule has 2 aromatic rings. The van der Waals surface area contributed by atoms with E-state index in [0.717, 1.165) is 22.4 Å². The van der Waals surface area contributed by atoms with Gasteiger partial charge in [-0.15, -0.1) is 0 Å². The molecule has 1 heterocycles. The topological polar surface area (TPSA) is 54.0 Å². The van der Waals surface area contributed by atoms with E-state index in [1.165, 1.54) is 0 Å². The van der Waals surface area contributed by atoms with E-state index < -0.39 is 0 Å². The quantitative estimate of drug-likeness (QED) is 0.902. The standard InChI is InChI=1S/C16H18ClN3O/c1-9-7-10(2)14(11(3)8-9)20-16(21)15-12(17)5-6-13(18-4)19-15/h5-8H,1-4H3,(H,18,19)(H,20,21). The number of benzene rings is 1. The minimum absolute atomic E-state index is 0.211. The van der Waals surface area contributed by atoms with E-state index in [4.69, 9.17) is 11.6 Å². The number of anilines is 2. The van der Waals surface area contributed by atoms with Gasteiger partial charge in [-0.2, -0.15) is 0 Å². The van der Waals surface area contributed by atoms with Crippen molar-refractivity contribution >= 4 is 29.0 Å². The van der Waals surface area contributed by atoms with Gasteiger partial charge in [0.15, 0.2) is 0 Å². The highest BCUT2D eigenvalue weighted by Crippen LogP contribution is 2.24. The highest BCUT2D eigenvalue weighted by molar-refractivity contribution is 6.34. The van der Waals surface area contributed by atoms with Crippen LogP contribution in [0.4, 0.5) is 11.5 Å². The lowest BCUT2D eigenvalue weighted by atomic mass is 10.0. The Hall–Kier alpha value is -2.07. The maximum atomic E-state index is 12.4. The molecule has 2 rings (SSSR count). The molecule has 1 aromatic heterocycles. The van der Waals surface area contributed by atoms with E-state index in [9.17, 15) is 4.79 Å². The second kappa shape index (κ2) is 6.14. The Balaban J connectivity index is 2.35. The molecule has 2 N–H and O–H groups in total. The Kier molecular flexibility index (Phi) is 4.48. The largest absolute Gasteiger partial charge is 0.373 e. The predicted octanol–water partition coefficient (Wildman–Crippen LogP) is 3.95. The van der Waals surface area contributed by atoms with Gasteiger partial charge >= 0.3 is 0 Å². The Labute approximate surface area is 129 Å². The molecule has 0 aliphatic rings. The number of aryl methyl sites for hydroxylation is 3. The average molecular weight is 304 g/mol. The van der Waals surface area contributed by atoms with Gasteiger partial charge < -0.3 is 10.6 Å².